The van der Waals surface area contributed by atoms with Crippen molar-refractivity contribution in [1.82, 2.24) is 20.3 Å². The summed E-state index contributed by atoms with van der Waals surface area (Å²) < 4.78 is 1.71. The molecule has 0 spiro atoms. The number of aryl methyl sites for hydroxylation is 1. The zero-order chi connectivity index (χ0) is 26.3. The van der Waals surface area contributed by atoms with Crippen LogP contribution in [0.5, 0.6) is 0 Å². The molecule has 1 N–H and O–H groups in total. The molecule has 0 radical (unpaired) electrons. The van der Waals surface area contributed by atoms with Crippen molar-refractivity contribution in [3.8, 4) is 17.8 Å². The molecule has 7 heteroatoms. The van der Waals surface area contributed by atoms with Gasteiger partial charge in [0.2, 0.25) is 0 Å². The number of hydrogen-bond acceptors (Lipinski definition) is 5. The first-order chi connectivity index (χ1) is 17.9. The Labute approximate surface area is 223 Å². The van der Waals surface area contributed by atoms with Crippen LogP contribution in [0.3, 0.4) is 0 Å². The van der Waals surface area contributed by atoms with Gasteiger partial charge in [0.15, 0.2) is 0 Å². The standard InChI is InChI=1S/C30H29ClN6/c1-30(2,21-33)29(25-9-14-28(15-10-25)37-17-16-34-36-37)35-27(13-8-22-6-11-26(31)12-7-22)19-23-4-3-5-24(18-23)20-32/h3-7,9-12,14-18,27,29,35H,8,13,19H2,1-2H3/t27-,29?/m0/s1. The molecule has 0 fully saturated rings. The first kappa shape index (κ1) is 26.1. The van der Waals surface area contributed by atoms with Gasteiger partial charge in [-0.1, -0.05) is 53.2 Å². The molecule has 186 valence electrons. The van der Waals surface area contributed by atoms with Gasteiger partial charge in [0.1, 0.15) is 0 Å². The summed E-state index contributed by atoms with van der Waals surface area (Å²) in [6.45, 7) is 3.92. The van der Waals surface area contributed by atoms with Gasteiger partial charge in [-0.3, -0.25) is 0 Å². The van der Waals surface area contributed by atoms with Gasteiger partial charge < -0.3 is 5.32 Å². The molecule has 4 rings (SSSR count). The Hall–Kier alpha value is -3.97. The largest absolute Gasteiger partial charge is 0.305 e. The minimum absolute atomic E-state index is 0.0669. The first-order valence-corrected chi connectivity index (χ1v) is 12.6. The van der Waals surface area contributed by atoms with E-state index in [9.17, 15) is 10.5 Å². The Morgan fingerprint density at radius 3 is 2.41 bits per heavy atom. The van der Waals surface area contributed by atoms with E-state index in [4.69, 9.17) is 11.6 Å². The minimum atomic E-state index is -0.665. The van der Waals surface area contributed by atoms with Crippen molar-refractivity contribution in [3.05, 3.63) is 112 Å². The van der Waals surface area contributed by atoms with Crippen LogP contribution < -0.4 is 5.32 Å². The molecule has 0 aliphatic carbocycles. The van der Waals surface area contributed by atoms with E-state index in [0.29, 0.717) is 5.56 Å². The molecule has 2 atom stereocenters. The summed E-state index contributed by atoms with van der Waals surface area (Å²) in [5.41, 5.74) is 4.20. The topological polar surface area (TPSA) is 90.3 Å². The summed E-state index contributed by atoms with van der Waals surface area (Å²) >= 11 is 6.08. The van der Waals surface area contributed by atoms with Crippen LogP contribution in [-0.4, -0.2) is 21.0 Å². The molecule has 4 aromatic rings. The molecule has 0 bridgehead atoms. The number of aromatic nitrogens is 3. The molecule has 6 nitrogen and oxygen atoms in total. The highest BCUT2D eigenvalue weighted by Gasteiger charge is 2.32. The summed E-state index contributed by atoms with van der Waals surface area (Å²) in [5, 5.41) is 31.9. The predicted octanol–water partition coefficient (Wildman–Crippen LogP) is 6.22. The van der Waals surface area contributed by atoms with E-state index < -0.39 is 5.41 Å². The molecule has 1 aromatic heterocycles. The fourth-order valence-electron chi connectivity index (χ4n) is 4.48. The lowest BCUT2D eigenvalue weighted by Gasteiger charge is -2.34. The molecular weight excluding hydrogens is 480 g/mol. The fourth-order valence-corrected chi connectivity index (χ4v) is 4.60. The van der Waals surface area contributed by atoms with Crippen LogP contribution in [0.25, 0.3) is 5.69 Å². The van der Waals surface area contributed by atoms with Crippen molar-refractivity contribution in [1.29, 1.82) is 10.5 Å². The summed E-state index contributed by atoms with van der Waals surface area (Å²) in [4.78, 5) is 0. The maximum atomic E-state index is 10.1. The Kier molecular flexibility index (Phi) is 8.36. The van der Waals surface area contributed by atoms with E-state index in [2.05, 4.69) is 46.0 Å². The SMILES string of the molecule is CC(C)(C#N)C(N[C@@H](CCc1ccc(Cl)cc1)Cc1cccc(C#N)c1)c1ccc(-n2ccnn2)cc1. The summed E-state index contributed by atoms with van der Waals surface area (Å²) in [6, 6.07) is 28.3. The van der Waals surface area contributed by atoms with E-state index >= 15 is 0 Å². The normalized spacial score (nSPS) is 12.9. The third-order valence-electron chi connectivity index (χ3n) is 6.56. The molecule has 37 heavy (non-hydrogen) atoms. The number of benzene rings is 3. The van der Waals surface area contributed by atoms with Crippen LogP contribution in [0.15, 0.2) is 85.2 Å². The van der Waals surface area contributed by atoms with Crippen molar-refractivity contribution >= 4 is 11.6 Å². The highest BCUT2D eigenvalue weighted by Crippen LogP contribution is 2.34. The van der Waals surface area contributed by atoms with Crippen LogP contribution in [0.1, 0.15) is 48.6 Å². The molecule has 0 aliphatic heterocycles. The Bertz CT molecular complexity index is 1380. The molecule has 3 aromatic carbocycles. The smallest absolute Gasteiger partial charge is 0.0991 e. The average molecular weight is 509 g/mol. The van der Waals surface area contributed by atoms with Crippen molar-refractivity contribution in [2.24, 2.45) is 5.41 Å². The zero-order valence-corrected chi connectivity index (χ0v) is 21.7. The highest BCUT2D eigenvalue weighted by atomic mass is 35.5. The van der Waals surface area contributed by atoms with E-state index in [1.54, 1.807) is 17.1 Å². The van der Waals surface area contributed by atoms with Crippen molar-refractivity contribution < 1.29 is 0 Å². The Balaban J connectivity index is 1.61. The molecule has 1 heterocycles. The van der Waals surface area contributed by atoms with Gasteiger partial charge in [0, 0.05) is 11.1 Å². The fraction of sp³-hybridized carbons (Fsp3) is 0.267. The van der Waals surface area contributed by atoms with Crippen molar-refractivity contribution in [2.75, 3.05) is 0 Å². The van der Waals surface area contributed by atoms with Gasteiger partial charge in [-0.25, -0.2) is 4.68 Å². The van der Waals surface area contributed by atoms with Crippen LogP contribution in [0, 0.1) is 28.1 Å². The van der Waals surface area contributed by atoms with Crippen LogP contribution in [-0.2, 0) is 12.8 Å². The maximum absolute atomic E-state index is 10.1. The van der Waals surface area contributed by atoms with Crippen LogP contribution >= 0.6 is 11.6 Å². The van der Waals surface area contributed by atoms with E-state index in [1.165, 1.54) is 5.56 Å². The first-order valence-electron chi connectivity index (χ1n) is 12.3. The molecule has 1 unspecified atom stereocenters. The lowest BCUT2D eigenvalue weighted by molar-refractivity contribution is 0.284. The third kappa shape index (κ3) is 6.83. The lowest BCUT2D eigenvalue weighted by Crippen LogP contribution is -2.41. The van der Waals surface area contributed by atoms with Gasteiger partial charge in [-0.2, -0.15) is 10.5 Å². The second-order valence-electron chi connectivity index (χ2n) is 9.75. The zero-order valence-electron chi connectivity index (χ0n) is 21.0. The second-order valence-corrected chi connectivity index (χ2v) is 10.2. The lowest BCUT2D eigenvalue weighted by atomic mass is 9.80. The predicted molar refractivity (Wildman–Crippen MR) is 145 cm³/mol. The number of nitrogens with one attached hydrogen (secondary N) is 1. The molecular formula is C30H29ClN6. The number of halogens is 1. The highest BCUT2D eigenvalue weighted by molar-refractivity contribution is 6.30. The Morgan fingerprint density at radius 2 is 1.76 bits per heavy atom. The van der Waals surface area contributed by atoms with Gasteiger partial charge in [0.25, 0.3) is 0 Å². The summed E-state index contributed by atoms with van der Waals surface area (Å²) in [6.07, 6.45) is 5.89. The van der Waals surface area contributed by atoms with E-state index in [-0.39, 0.29) is 12.1 Å². The number of nitriles is 2. The average Bonchev–Trinajstić information content (AvgIpc) is 3.46. The van der Waals surface area contributed by atoms with Gasteiger partial charge >= 0.3 is 0 Å². The molecule has 0 saturated carbocycles. The minimum Gasteiger partial charge on any atom is -0.305 e. The quantitative estimate of drug-likeness (QED) is 0.274. The van der Waals surface area contributed by atoms with Gasteiger partial charge in [-0.15, -0.1) is 5.10 Å². The van der Waals surface area contributed by atoms with Gasteiger partial charge in [0.05, 0.1) is 47.2 Å². The maximum Gasteiger partial charge on any atom is 0.0991 e. The van der Waals surface area contributed by atoms with Crippen molar-refractivity contribution in [3.63, 3.8) is 0 Å². The van der Waals surface area contributed by atoms with E-state index in [1.807, 2.05) is 68.4 Å². The van der Waals surface area contributed by atoms with Crippen molar-refractivity contribution in [2.45, 2.75) is 45.2 Å². The molecule has 0 amide bonds. The third-order valence-corrected chi connectivity index (χ3v) is 6.81. The van der Waals surface area contributed by atoms with E-state index in [0.717, 1.165) is 41.1 Å². The number of rotatable bonds is 10. The second kappa shape index (κ2) is 11.8. The number of hydrogen-bond donors (Lipinski definition) is 1. The van der Waals surface area contributed by atoms with Crippen LogP contribution in [0.4, 0.5) is 0 Å². The summed E-state index contributed by atoms with van der Waals surface area (Å²) in [5.74, 6) is 0. The monoisotopic (exact) mass is 508 g/mol. The van der Waals surface area contributed by atoms with Gasteiger partial charge in [-0.05, 0) is 86.2 Å². The molecule has 0 aliphatic rings. The summed E-state index contributed by atoms with van der Waals surface area (Å²) in [7, 11) is 0. The number of nitrogens with zero attached hydrogens (tertiary/aromatic N) is 5. The Morgan fingerprint density at radius 1 is 1.00 bits per heavy atom. The van der Waals surface area contributed by atoms with Crippen LogP contribution in [0.2, 0.25) is 5.02 Å². The molecule has 0 saturated heterocycles.